The first-order valence-electron chi connectivity index (χ1n) is 6.89. The van der Waals surface area contributed by atoms with Crippen molar-refractivity contribution < 1.29 is 0 Å². The molecule has 19 heavy (non-hydrogen) atoms. The Balaban J connectivity index is -0.000000256. The third-order valence-corrected chi connectivity index (χ3v) is 12.1. The second kappa shape index (κ2) is 8.87. The van der Waals surface area contributed by atoms with Crippen LogP contribution in [0.4, 0.5) is 0 Å². The van der Waals surface area contributed by atoms with Gasteiger partial charge in [0.2, 0.25) is 0 Å². The summed E-state index contributed by atoms with van der Waals surface area (Å²) in [6.45, 7) is 27.6. The molecule has 0 rings (SSSR count). The van der Waals surface area contributed by atoms with Crippen molar-refractivity contribution in [2.75, 3.05) is 0 Å². The smallest absolute Gasteiger partial charge is 0.668 e. The van der Waals surface area contributed by atoms with Gasteiger partial charge in [0.05, 0.1) is 0 Å². The maximum Gasteiger partial charge on any atom is 2.00 e. The van der Waals surface area contributed by atoms with E-state index in [0.717, 1.165) is 0 Å². The van der Waals surface area contributed by atoms with Crippen LogP contribution in [0.3, 0.4) is 0 Å². The topological polar surface area (TPSA) is 28.2 Å². The first-order valence-corrected chi connectivity index (χ1v) is 20.7. The Kier molecular flexibility index (Phi) is 11.9. The average molecular weight is 345 g/mol. The second-order valence-corrected chi connectivity index (χ2v) is 28.1. The van der Waals surface area contributed by atoms with Crippen molar-refractivity contribution in [3.8, 4) is 0 Å². The van der Waals surface area contributed by atoms with Gasteiger partial charge in [-0.25, -0.2) is 0 Å². The van der Waals surface area contributed by atoms with Crippen molar-refractivity contribution in [3.63, 3.8) is 0 Å². The van der Waals surface area contributed by atoms with Crippen molar-refractivity contribution in [1.29, 1.82) is 0 Å². The minimum Gasteiger partial charge on any atom is -0.668 e. The SMILES string of the molecule is C[Si](C)(C)[N-][Si](C)(C)C.C[Si](C)(C)[N-][Si](C)(C)C.[Mg+2]. The van der Waals surface area contributed by atoms with Gasteiger partial charge < -0.3 is 9.30 Å². The van der Waals surface area contributed by atoms with E-state index in [1.54, 1.807) is 0 Å². The normalized spacial score (nSPS) is 13.3. The Morgan fingerprint density at radius 2 is 0.474 bits per heavy atom. The predicted octanol–water partition coefficient (Wildman–Crippen LogP) is 5.68. The van der Waals surface area contributed by atoms with Crippen LogP contribution >= 0.6 is 0 Å². The molecule has 0 amide bonds. The summed E-state index contributed by atoms with van der Waals surface area (Å²) >= 11 is 0. The summed E-state index contributed by atoms with van der Waals surface area (Å²) in [5.74, 6) is 0. The molecule has 0 atom stereocenters. The molecule has 0 unspecified atom stereocenters. The van der Waals surface area contributed by atoms with E-state index < -0.39 is 32.9 Å². The Hall–Kier alpha value is 1.55. The average Bonchev–Trinajstić information content (AvgIpc) is 1.64. The Labute approximate surface area is 143 Å². The van der Waals surface area contributed by atoms with Gasteiger partial charge in [0.1, 0.15) is 0 Å². The van der Waals surface area contributed by atoms with Crippen LogP contribution in [0.1, 0.15) is 0 Å². The molecular formula is C12H36MgN2Si4. The summed E-state index contributed by atoms with van der Waals surface area (Å²) in [6.07, 6.45) is 0. The molecule has 0 fully saturated rings. The van der Waals surface area contributed by atoms with Gasteiger partial charge in [-0.2, -0.15) is 0 Å². The van der Waals surface area contributed by atoms with Crippen molar-refractivity contribution in [1.82, 2.24) is 0 Å². The summed E-state index contributed by atoms with van der Waals surface area (Å²) in [6, 6.07) is 0. The summed E-state index contributed by atoms with van der Waals surface area (Å²) in [5.41, 5.74) is 0. The quantitative estimate of drug-likeness (QED) is 0.587. The Morgan fingerprint density at radius 3 is 0.474 bits per heavy atom. The molecule has 0 aliphatic rings. The molecule has 0 saturated heterocycles. The molecule has 0 N–H and O–H groups in total. The van der Waals surface area contributed by atoms with E-state index in [9.17, 15) is 0 Å². The van der Waals surface area contributed by atoms with Gasteiger partial charge in [0.15, 0.2) is 0 Å². The van der Waals surface area contributed by atoms with Gasteiger partial charge in [-0.1, -0.05) is 112 Å². The van der Waals surface area contributed by atoms with E-state index in [1.165, 1.54) is 0 Å². The molecule has 0 aromatic heterocycles. The fourth-order valence-electron chi connectivity index (χ4n) is 2.01. The van der Waals surface area contributed by atoms with Crippen LogP contribution in [0.5, 0.6) is 0 Å². The molecule has 0 aromatic rings. The number of hydrogen-bond donors (Lipinski definition) is 0. The molecule has 0 bridgehead atoms. The monoisotopic (exact) mass is 344 g/mol. The third-order valence-electron chi connectivity index (χ3n) is 1.34. The van der Waals surface area contributed by atoms with E-state index in [0.29, 0.717) is 0 Å². The van der Waals surface area contributed by atoms with Gasteiger partial charge in [-0.3, -0.25) is 0 Å². The molecule has 0 aliphatic carbocycles. The minimum absolute atomic E-state index is 0. The Bertz CT molecular complexity index is 184. The first-order chi connectivity index (χ1) is 7.41. The molecule has 0 aliphatic heterocycles. The second-order valence-electron chi connectivity index (χ2n) is 8.91. The Morgan fingerprint density at radius 1 is 0.368 bits per heavy atom. The van der Waals surface area contributed by atoms with Crippen molar-refractivity contribution in [2.24, 2.45) is 0 Å². The van der Waals surface area contributed by atoms with E-state index in [4.69, 9.17) is 9.30 Å². The zero-order valence-corrected chi connectivity index (χ0v) is 21.0. The van der Waals surface area contributed by atoms with Crippen LogP contribution < -0.4 is 0 Å². The van der Waals surface area contributed by atoms with Crippen molar-refractivity contribution >= 4 is 56.0 Å². The van der Waals surface area contributed by atoms with Crippen LogP contribution in [0.2, 0.25) is 78.6 Å². The summed E-state index contributed by atoms with van der Waals surface area (Å²) in [5, 5.41) is 0. The van der Waals surface area contributed by atoms with Gasteiger partial charge in [-0.15, -0.1) is 0 Å². The fourth-order valence-corrected chi connectivity index (χ4v) is 18.1. The van der Waals surface area contributed by atoms with Crippen LogP contribution in [0.15, 0.2) is 0 Å². The van der Waals surface area contributed by atoms with E-state index in [-0.39, 0.29) is 23.1 Å². The largest absolute Gasteiger partial charge is 2.00 e. The molecule has 0 aromatic carbocycles. The van der Waals surface area contributed by atoms with Crippen LogP contribution in [0.25, 0.3) is 9.30 Å². The number of nitrogens with zero attached hydrogens (tertiary/aromatic N) is 2. The molecule has 112 valence electrons. The molecule has 0 spiro atoms. The van der Waals surface area contributed by atoms with Crippen LogP contribution in [0, 0.1) is 0 Å². The van der Waals surface area contributed by atoms with Gasteiger partial charge in [0, 0.05) is 0 Å². The van der Waals surface area contributed by atoms with Crippen molar-refractivity contribution in [3.05, 3.63) is 9.30 Å². The molecule has 0 radical (unpaired) electrons. The van der Waals surface area contributed by atoms with Crippen LogP contribution in [-0.4, -0.2) is 56.0 Å². The molecule has 0 heterocycles. The molecular weight excluding hydrogens is 309 g/mol. The third kappa shape index (κ3) is 32.8. The molecule has 2 nitrogen and oxygen atoms in total. The van der Waals surface area contributed by atoms with Gasteiger partial charge >= 0.3 is 23.1 Å². The van der Waals surface area contributed by atoms with Crippen LogP contribution in [-0.2, 0) is 0 Å². The van der Waals surface area contributed by atoms with E-state index in [1.807, 2.05) is 0 Å². The summed E-state index contributed by atoms with van der Waals surface area (Å²) < 4.78 is 9.64. The number of rotatable bonds is 4. The predicted molar refractivity (Wildman–Crippen MR) is 106 cm³/mol. The zero-order chi connectivity index (χ0) is 15.4. The fraction of sp³-hybridized carbons (Fsp3) is 1.00. The van der Waals surface area contributed by atoms with Crippen molar-refractivity contribution in [2.45, 2.75) is 78.6 Å². The molecule has 0 saturated carbocycles. The van der Waals surface area contributed by atoms with Gasteiger partial charge in [0.25, 0.3) is 0 Å². The standard InChI is InChI=1S/2C6H18NSi2.Mg/c2*1-8(2,3)7-9(4,5)6;/h2*1-6H3;/q2*-1;+2. The number of hydrogen-bond acceptors (Lipinski definition) is 0. The maximum absolute atomic E-state index is 4.82. The first kappa shape index (κ1) is 25.5. The zero-order valence-electron chi connectivity index (χ0n) is 15.6. The minimum atomic E-state index is -1.11. The molecule has 7 heteroatoms. The maximum atomic E-state index is 4.82. The van der Waals surface area contributed by atoms with Gasteiger partial charge in [-0.05, 0) is 0 Å². The summed E-state index contributed by atoms with van der Waals surface area (Å²) in [4.78, 5) is 0. The van der Waals surface area contributed by atoms with E-state index in [2.05, 4.69) is 78.6 Å². The van der Waals surface area contributed by atoms with E-state index >= 15 is 0 Å². The summed E-state index contributed by atoms with van der Waals surface area (Å²) in [7, 11) is -4.42.